The Morgan fingerprint density at radius 1 is 1.33 bits per heavy atom. The van der Waals surface area contributed by atoms with Crippen LogP contribution in [0.15, 0.2) is 34.7 Å². The van der Waals surface area contributed by atoms with Gasteiger partial charge in [-0.1, -0.05) is 24.6 Å². The lowest BCUT2D eigenvalue weighted by Gasteiger charge is -1.98. The maximum Gasteiger partial charge on any atom is 0.256 e. The number of benzene rings is 1. The molecule has 2 atom stereocenters. The molecule has 4 rings (SSSR count). The molecule has 1 aliphatic heterocycles. The number of hydrogen-bond acceptors (Lipinski definition) is 2. The van der Waals surface area contributed by atoms with Crippen LogP contribution >= 0.6 is 11.6 Å². The smallest absolute Gasteiger partial charge is 0.256 e. The Balaban J connectivity index is 1.70. The van der Waals surface area contributed by atoms with Gasteiger partial charge in [0.25, 0.3) is 5.91 Å². The normalized spacial score (nSPS) is 25.0. The number of carbonyl (C=O) groups excluding carboxylic acids is 1. The molecule has 4 heteroatoms. The van der Waals surface area contributed by atoms with Crippen molar-refractivity contribution in [3.05, 3.63) is 52.4 Å². The Hall–Kier alpha value is -2.00. The molecule has 1 N–H and O–H groups in total. The quantitative estimate of drug-likeness (QED) is 0.827. The summed E-state index contributed by atoms with van der Waals surface area (Å²) in [7, 11) is 0. The molecule has 1 aliphatic carbocycles. The number of anilines is 1. The van der Waals surface area contributed by atoms with Crippen LogP contribution in [-0.2, 0) is 4.79 Å². The second kappa shape index (κ2) is 4.50. The summed E-state index contributed by atoms with van der Waals surface area (Å²) in [5.74, 6) is 2.86. The van der Waals surface area contributed by atoms with Crippen LogP contribution in [0.2, 0.25) is 5.02 Å². The summed E-state index contributed by atoms with van der Waals surface area (Å²) >= 11 is 5.95. The van der Waals surface area contributed by atoms with Gasteiger partial charge in [0.15, 0.2) is 0 Å². The fourth-order valence-electron chi connectivity index (χ4n) is 2.82. The van der Waals surface area contributed by atoms with Gasteiger partial charge in [-0.15, -0.1) is 0 Å². The van der Waals surface area contributed by atoms with Crippen LogP contribution in [0.4, 0.5) is 5.69 Å². The number of furan rings is 1. The standard InChI is InChI=1S/C17H14ClNO2/c1-9-6-13(9)16-5-3-11(21-16)8-14-12-4-2-10(18)7-15(12)19-17(14)20/h2-5,7-9,13H,6H2,1H3,(H,19,20)/b14-8-/t9-,13+/m0/s1. The molecular formula is C17H14ClNO2. The monoisotopic (exact) mass is 299 g/mol. The van der Waals surface area contributed by atoms with Crippen LogP contribution < -0.4 is 5.32 Å². The number of halogens is 1. The maximum absolute atomic E-state index is 12.1. The zero-order valence-corrected chi connectivity index (χ0v) is 12.3. The number of carbonyl (C=O) groups is 1. The lowest BCUT2D eigenvalue weighted by atomic mass is 10.1. The van der Waals surface area contributed by atoms with Crippen LogP contribution in [0.5, 0.6) is 0 Å². The van der Waals surface area contributed by atoms with Crippen molar-refractivity contribution in [1.82, 2.24) is 0 Å². The summed E-state index contributed by atoms with van der Waals surface area (Å²) < 4.78 is 5.84. The van der Waals surface area contributed by atoms with Gasteiger partial charge in [0, 0.05) is 16.5 Å². The Kier molecular flexibility index (Phi) is 2.73. The first-order valence-electron chi connectivity index (χ1n) is 7.04. The van der Waals surface area contributed by atoms with E-state index in [1.165, 1.54) is 6.42 Å². The zero-order chi connectivity index (χ0) is 14.6. The molecule has 0 bridgehead atoms. The molecule has 2 heterocycles. The van der Waals surface area contributed by atoms with Gasteiger partial charge in [0.2, 0.25) is 0 Å². The highest BCUT2D eigenvalue weighted by atomic mass is 35.5. The van der Waals surface area contributed by atoms with Gasteiger partial charge < -0.3 is 9.73 Å². The van der Waals surface area contributed by atoms with Gasteiger partial charge in [-0.3, -0.25) is 4.79 Å². The Bertz CT molecular complexity index is 775. The highest BCUT2D eigenvalue weighted by Crippen LogP contribution is 2.47. The van der Waals surface area contributed by atoms with Crippen LogP contribution in [0, 0.1) is 5.92 Å². The van der Waals surface area contributed by atoms with E-state index in [0.29, 0.717) is 22.4 Å². The topological polar surface area (TPSA) is 42.2 Å². The fraction of sp³-hybridized carbons (Fsp3) is 0.235. The average molecular weight is 300 g/mol. The minimum Gasteiger partial charge on any atom is -0.461 e. The first-order valence-corrected chi connectivity index (χ1v) is 7.42. The molecule has 3 nitrogen and oxygen atoms in total. The van der Waals surface area contributed by atoms with Gasteiger partial charge in [0.1, 0.15) is 11.5 Å². The Morgan fingerprint density at radius 2 is 2.14 bits per heavy atom. The van der Waals surface area contributed by atoms with E-state index >= 15 is 0 Å². The molecule has 0 spiro atoms. The molecule has 0 radical (unpaired) electrons. The van der Waals surface area contributed by atoms with Gasteiger partial charge in [-0.05, 0) is 42.7 Å². The van der Waals surface area contributed by atoms with Gasteiger partial charge in [-0.25, -0.2) is 0 Å². The Labute approximate surface area is 127 Å². The first kappa shape index (κ1) is 12.7. The molecule has 1 fully saturated rings. The maximum atomic E-state index is 12.1. The molecule has 1 saturated carbocycles. The summed E-state index contributed by atoms with van der Waals surface area (Å²) in [6, 6.07) is 9.34. The lowest BCUT2D eigenvalue weighted by molar-refractivity contribution is -0.110. The number of nitrogens with one attached hydrogen (secondary N) is 1. The zero-order valence-electron chi connectivity index (χ0n) is 11.5. The van der Waals surface area contributed by atoms with Crippen LogP contribution in [-0.4, -0.2) is 5.91 Å². The predicted octanol–water partition coefficient (Wildman–Crippen LogP) is 4.55. The largest absolute Gasteiger partial charge is 0.461 e. The lowest BCUT2D eigenvalue weighted by Crippen LogP contribution is -2.03. The summed E-state index contributed by atoms with van der Waals surface area (Å²) in [4.78, 5) is 12.1. The minimum absolute atomic E-state index is 0.120. The van der Waals surface area contributed by atoms with Crippen LogP contribution in [0.3, 0.4) is 0 Å². The average Bonchev–Trinajstić information content (AvgIpc) is 2.88. The van der Waals surface area contributed by atoms with E-state index in [4.69, 9.17) is 16.0 Å². The van der Waals surface area contributed by atoms with E-state index in [1.54, 1.807) is 18.2 Å². The number of amides is 1. The molecule has 1 aromatic heterocycles. The van der Waals surface area contributed by atoms with E-state index < -0.39 is 0 Å². The molecule has 0 unspecified atom stereocenters. The van der Waals surface area contributed by atoms with E-state index in [0.717, 1.165) is 22.8 Å². The van der Waals surface area contributed by atoms with E-state index in [2.05, 4.69) is 12.2 Å². The van der Waals surface area contributed by atoms with E-state index in [9.17, 15) is 4.79 Å². The van der Waals surface area contributed by atoms with Crippen molar-refractivity contribution < 1.29 is 9.21 Å². The Morgan fingerprint density at radius 3 is 2.90 bits per heavy atom. The highest BCUT2D eigenvalue weighted by Gasteiger charge is 2.36. The molecule has 2 aromatic rings. The molecule has 1 aromatic carbocycles. The molecule has 21 heavy (non-hydrogen) atoms. The summed E-state index contributed by atoms with van der Waals surface area (Å²) in [5, 5.41) is 3.43. The SMILES string of the molecule is C[C@H]1C[C@H]1c1ccc(/C=C2\C(=O)Nc3cc(Cl)ccc32)o1. The number of rotatable bonds is 2. The summed E-state index contributed by atoms with van der Waals surface area (Å²) in [6.07, 6.45) is 2.98. The second-order valence-corrected chi connectivity index (χ2v) is 6.20. The van der Waals surface area contributed by atoms with Crippen LogP contribution in [0.1, 0.15) is 36.3 Å². The van der Waals surface area contributed by atoms with Crippen molar-refractivity contribution in [2.45, 2.75) is 19.3 Å². The summed E-state index contributed by atoms with van der Waals surface area (Å²) in [6.45, 7) is 2.22. The third-order valence-corrected chi connectivity index (χ3v) is 4.41. The summed E-state index contributed by atoms with van der Waals surface area (Å²) in [5.41, 5.74) is 2.23. The van der Waals surface area contributed by atoms with Gasteiger partial charge in [-0.2, -0.15) is 0 Å². The van der Waals surface area contributed by atoms with Crippen LogP contribution in [0.25, 0.3) is 11.6 Å². The van der Waals surface area contributed by atoms with E-state index in [1.807, 2.05) is 18.2 Å². The molecule has 0 saturated heterocycles. The minimum atomic E-state index is -0.120. The molecule has 2 aliphatic rings. The van der Waals surface area contributed by atoms with Crippen molar-refractivity contribution >= 4 is 34.8 Å². The van der Waals surface area contributed by atoms with Crippen molar-refractivity contribution in [3.63, 3.8) is 0 Å². The third kappa shape index (κ3) is 2.18. The van der Waals surface area contributed by atoms with Gasteiger partial charge >= 0.3 is 0 Å². The molecular weight excluding hydrogens is 286 g/mol. The third-order valence-electron chi connectivity index (χ3n) is 4.17. The number of hydrogen-bond donors (Lipinski definition) is 1. The first-order chi connectivity index (χ1) is 10.1. The highest BCUT2D eigenvalue weighted by molar-refractivity contribution is 6.36. The second-order valence-electron chi connectivity index (χ2n) is 5.76. The number of fused-ring (bicyclic) bond motifs is 1. The van der Waals surface area contributed by atoms with E-state index in [-0.39, 0.29) is 5.91 Å². The van der Waals surface area contributed by atoms with Crippen molar-refractivity contribution in [2.75, 3.05) is 5.32 Å². The van der Waals surface area contributed by atoms with Crippen molar-refractivity contribution in [3.8, 4) is 0 Å². The van der Waals surface area contributed by atoms with Crippen molar-refractivity contribution in [1.29, 1.82) is 0 Å². The molecule has 1 amide bonds. The predicted molar refractivity (Wildman–Crippen MR) is 83.2 cm³/mol. The van der Waals surface area contributed by atoms with Crippen molar-refractivity contribution in [2.24, 2.45) is 5.92 Å². The van der Waals surface area contributed by atoms with Gasteiger partial charge in [0.05, 0.1) is 11.3 Å². The molecule has 106 valence electrons. The fourth-order valence-corrected chi connectivity index (χ4v) is 2.99.